The zero-order valence-electron chi connectivity index (χ0n) is 12.1. The minimum atomic E-state index is -1.04. The number of aliphatic carboxylic acids is 1. The van der Waals surface area contributed by atoms with Gasteiger partial charge in [-0.05, 0) is 11.5 Å². The number of hydrogen-bond donors (Lipinski definition) is 2. The van der Waals surface area contributed by atoms with Crippen LogP contribution >= 0.6 is 0 Å². The predicted molar refractivity (Wildman–Crippen MR) is 76.1 cm³/mol. The standard InChI is InChI=1S/C14H18N2O5/c1-14(2,3)11(8-12(17)18)15-13(19)9-6-4-5-7-10(9)16(20)21/h4-7,11H,8H2,1-3H3,(H,15,19)(H,17,18). The van der Waals surface area contributed by atoms with E-state index in [1.165, 1.54) is 24.3 Å². The van der Waals surface area contributed by atoms with Gasteiger partial charge in [0.2, 0.25) is 0 Å². The lowest BCUT2D eigenvalue weighted by molar-refractivity contribution is -0.385. The van der Waals surface area contributed by atoms with Crippen LogP contribution in [-0.2, 0) is 4.79 Å². The van der Waals surface area contributed by atoms with Crippen LogP contribution in [0.1, 0.15) is 37.6 Å². The molecule has 1 unspecified atom stereocenters. The zero-order chi connectivity index (χ0) is 16.2. The van der Waals surface area contributed by atoms with Gasteiger partial charge in [0.1, 0.15) is 5.56 Å². The van der Waals surface area contributed by atoms with E-state index in [0.717, 1.165) is 0 Å². The maximum atomic E-state index is 12.2. The molecule has 21 heavy (non-hydrogen) atoms. The third kappa shape index (κ3) is 4.55. The number of rotatable bonds is 5. The molecule has 0 saturated heterocycles. The lowest BCUT2D eigenvalue weighted by Crippen LogP contribution is -2.45. The fourth-order valence-corrected chi connectivity index (χ4v) is 1.81. The Labute approximate surface area is 122 Å². The highest BCUT2D eigenvalue weighted by atomic mass is 16.6. The summed E-state index contributed by atoms with van der Waals surface area (Å²) in [6, 6.07) is 4.92. The first-order chi connectivity index (χ1) is 9.62. The van der Waals surface area contributed by atoms with Crippen LogP contribution in [0.2, 0.25) is 0 Å². The van der Waals surface area contributed by atoms with Gasteiger partial charge < -0.3 is 10.4 Å². The van der Waals surface area contributed by atoms with E-state index < -0.39 is 28.3 Å². The average molecular weight is 294 g/mol. The van der Waals surface area contributed by atoms with Gasteiger partial charge in [-0.1, -0.05) is 32.9 Å². The van der Waals surface area contributed by atoms with Gasteiger partial charge in [0.25, 0.3) is 11.6 Å². The van der Waals surface area contributed by atoms with Crippen molar-refractivity contribution in [3.05, 3.63) is 39.9 Å². The van der Waals surface area contributed by atoms with Crippen LogP contribution in [-0.4, -0.2) is 27.9 Å². The maximum absolute atomic E-state index is 12.2. The number of nitro benzene ring substituents is 1. The van der Waals surface area contributed by atoms with Crippen molar-refractivity contribution in [3.8, 4) is 0 Å². The highest BCUT2D eigenvalue weighted by Gasteiger charge is 2.30. The molecule has 0 aliphatic carbocycles. The van der Waals surface area contributed by atoms with Gasteiger partial charge in [-0.15, -0.1) is 0 Å². The van der Waals surface area contributed by atoms with Gasteiger partial charge in [-0.3, -0.25) is 19.7 Å². The van der Waals surface area contributed by atoms with Crippen LogP contribution in [0.3, 0.4) is 0 Å². The summed E-state index contributed by atoms with van der Waals surface area (Å²) in [5.74, 6) is -1.69. The molecule has 0 aromatic heterocycles. The smallest absolute Gasteiger partial charge is 0.305 e. The van der Waals surface area contributed by atoms with Crippen LogP contribution in [0.4, 0.5) is 5.69 Å². The highest BCUT2D eigenvalue weighted by molar-refractivity contribution is 5.98. The van der Waals surface area contributed by atoms with E-state index in [9.17, 15) is 19.7 Å². The number of carboxylic acids is 1. The number of amides is 1. The molecule has 0 radical (unpaired) electrons. The summed E-state index contributed by atoms with van der Waals surface area (Å²) >= 11 is 0. The summed E-state index contributed by atoms with van der Waals surface area (Å²) in [5.41, 5.74) is -0.877. The van der Waals surface area contributed by atoms with Gasteiger partial charge >= 0.3 is 5.97 Å². The Morgan fingerprint density at radius 1 is 1.33 bits per heavy atom. The lowest BCUT2D eigenvalue weighted by Gasteiger charge is -2.30. The van der Waals surface area contributed by atoms with Crippen LogP contribution in [0.25, 0.3) is 0 Å². The number of hydrogen-bond acceptors (Lipinski definition) is 4. The Morgan fingerprint density at radius 2 is 1.90 bits per heavy atom. The molecule has 0 bridgehead atoms. The number of nitrogens with zero attached hydrogens (tertiary/aromatic N) is 1. The SMILES string of the molecule is CC(C)(C)C(CC(=O)O)NC(=O)c1ccccc1[N+](=O)[O-]. The summed E-state index contributed by atoms with van der Waals surface area (Å²) < 4.78 is 0. The molecule has 114 valence electrons. The molecule has 0 heterocycles. The van der Waals surface area contributed by atoms with Crippen molar-refractivity contribution in [2.24, 2.45) is 5.41 Å². The Morgan fingerprint density at radius 3 is 2.38 bits per heavy atom. The first-order valence-electron chi connectivity index (χ1n) is 6.39. The fourth-order valence-electron chi connectivity index (χ4n) is 1.81. The largest absolute Gasteiger partial charge is 0.481 e. The molecule has 0 aliphatic rings. The van der Waals surface area contributed by atoms with Gasteiger partial charge in [0, 0.05) is 12.1 Å². The molecular weight excluding hydrogens is 276 g/mol. The molecule has 1 aromatic rings. The normalized spacial score (nSPS) is 12.5. The fraction of sp³-hybridized carbons (Fsp3) is 0.429. The minimum absolute atomic E-state index is 0.0814. The van der Waals surface area contributed by atoms with Crippen LogP contribution in [0, 0.1) is 15.5 Å². The lowest BCUT2D eigenvalue weighted by atomic mass is 9.84. The molecule has 1 rings (SSSR count). The molecule has 7 heteroatoms. The molecule has 1 amide bonds. The Bertz CT molecular complexity index is 563. The van der Waals surface area contributed by atoms with Gasteiger partial charge in [-0.25, -0.2) is 0 Å². The molecule has 0 saturated carbocycles. The number of carbonyl (C=O) groups is 2. The number of carboxylic acid groups (broad SMARTS) is 1. The van der Waals surface area contributed by atoms with E-state index >= 15 is 0 Å². The molecule has 1 aromatic carbocycles. The van der Waals surface area contributed by atoms with Gasteiger partial charge in [0.05, 0.1) is 11.3 Å². The maximum Gasteiger partial charge on any atom is 0.305 e. The van der Waals surface area contributed by atoms with Crippen LogP contribution in [0.15, 0.2) is 24.3 Å². The van der Waals surface area contributed by atoms with Crippen LogP contribution in [0.5, 0.6) is 0 Å². The van der Waals surface area contributed by atoms with E-state index in [2.05, 4.69) is 5.32 Å². The highest BCUT2D eigenvalue weighted by Crippen LogP contribution is 2.24. The van der Waals surface area contributed by atoms with E-state index in [-0.39, 0.29) is 17.7 Å². The second-order valence-electron chi connectivity index (χ2n) is 5.76. The topological polar surface area (TPSA) is 110 Å². The van der Waals surface area contributed by atoms with E-state index in [1.54, 1.807) is 20.8 Å². The number of para-hydroxylation sites is 1. The zero-order valence-corrected chi connectivity index (χ0v) is 12.1. The molecule has 2 N–H and O–H groups in total. The monoisotopic (exact) mass is 294 g/mol. The van der Waals surface area contributed by atoms with E-state index in [0.29, 0.717) is 0 Å². The van der Waals surface area contributed by atoms with Crippen LogP contribution < -0.4 is 5.32 Å². The van der Waals surface area contributed by atoms with Crippen molar-refractivity contribution >= 4 is 17.6 Å². The molecule has 7 nitrogen and oxygen atoms in total. The molecule has 1 atom stereocenters. The van der Waals surface area contributed by atoms with E-state index in [4.69, 9.17) is 5.11 Å². The predicted octanol–water partition coefficient (Wildman–Crippen LogP) is 2.21. The molecular formula is C14H18N2O5. The number of carbonyl (C=O) groups excluding carboxylic acids is 1. The van der Waals surface area contributed by atoms with Crippen molar-refractivity contribution in [3.63, 3.8) is 0 Å². The van der Waals surface area contributed by atoms with Crippen molar-refractivity contribution in [2.75, 3.05) is 0 Å². The van der Waals surface area contributed by atoms with Crippen molar-refractivity contribution in [1.29, 1.82) is 0 Å². The quantitative estimate of drug-likeness (QED) is 0.639. The third-order valence-corrected chi connectivity index (χ3v) is 3.07. The number of nitrogens with one attached hydrogen (secondary N) is 1. The second kappa shape index (κ2) is 6.34. The van der Waals surface area contributed by atoms with Gasteiger partial charge in [-0.2, -0.15) is 0 Å². The molecule has 0 spiro atoms. The third-order valence-electron chi connectivity index (χ3n) is 3.07. The minimum Gasteiger partial charge on any atom is -0.481 e. The number of benzene rings is 1. The Hall–Kier alpha value is -2.44. The first kappa shape index (κ1) is 16.6. The second-order valence-corrected chi connectivity index (χ2v) is 5.76. The average Bonchev–Trinajstić information content (AvgIpc) is 2.36. The summed E-state index contributed by atoms with van der Waals surface area (Å²) in [5, 5.41) is 22.4. The number of nitro groups is 1. The summed E-state index contributed by atoms with van der Waals surface area (Å²) in [4.78, 5) is 33.4. The molecule has 0 aliphatic heterocycles. The Kier molecular flexibility index (Phi) is 5.02. The van der Waals surface area contributed by atoms with Gasteiger partial charge in [0.15, 0.2) is 0 Å². The first-order valence-corrected chi connectivity index (χ1v) is 6.39. The Balaban J connectivity index is 3.03. The molecule has 0 fully saturated rings. The summed E-state index contributed by atoms with van der Waals surface area (Å²) in [6.45, 7) is 5.38. The van der Waals surface area contributed by atoms with Crippen molar-refractivity contribution in [2.45, 2.75) is 33.2 Å². The van der Waals surface area contributed by atoms with Crippen molar-refractivity contribution < 1.29 is 19.6 Å². The summed E-state index contributed by atoms with van der Waals surface area (Å²) in [6.07, 6.45) is -0.254. The van der Waals surface area contributed by atoms with E-state index in [1.807, 2.05) is 0 Å². The van der Waals surface area contributed by atoms with Crippen molar-refractivity contribution in [1.82, 2.24) is 5.32 Å². The summed E-state index contributed by atoms with van der Waals surface area (Å²) in [7, 11) is 0.